The van der Waals surface area contributed by atoms with Crippen LogP contribution in [0.25, 0.3) is 92.9 Å². The average Bonchev–Trinajstić information content (AvgIpc) is 3.71. The van der Waals surface area contributed by atoms with E-state index in [9.17, 15) is 0 Å². The van der Waals surface area contributed by atoms with Crippen LogP contribution in [0.15, 0.2) is 217 Å². The first kappa shape index (κ1) is 34.4. The Bertz CT molecular complexity index is 3550. The Kier molecular flexibility index (Phi) is 8.02. The molecule has 1 aliphatic rings. The Morgan fingerprint density at radius 1 is 0.367 bits per heavy atom. The fraction of sp³-hybridized carbons (Fsp3) is 0.0345. The van der Waals surface area contributed by atoms with E-state index in [1.54, 1.807) is 0 Å². The minimum absolute atomic E-state index is 0.917. The maximum Gasteiger partial charge on any atom is 0.143 e. The van der Waals surface area contributed by atoms with Crippen LogP contribution in [0.3, 0.4) is 0 Å². The molecule has 2 heteroatoms. The zero-order valence-electron chi connectivity index (χ0n) is 33.0. The van der Waals surface area contributed by atoms with Gasteiger partial charge in [0.05, 0.1) is 5.69 Å². The molecule has 0 bridgehead atoms. The van der Waals surface area contributed by atoms with Crippen LogP contribution < -0.4 is 4.90 Å². The summed E-state index contributed by atoms with van der Waals surface area (Å²) in [5.41, 5.74) is 12.2. The molecule has 0 amide bonds. The molecule has 1 aromatic heterocycles. The van der Waals surface area contributed by atoms with E-state index in [0.29, 0.717) is 0 Å². The first-order valence-electron chi connectivity index (χ1n) is 20.9. The van der Waals surface area contributed by atoms with Gasteiger partial charge in [-0.2, -0.15) is 0 Å². The number of fused-ring (bicyclic) bond motifs is 9. The molecule has 12 rings (SSSR count). The number of benzene rings is 10. The van der Waals surface area contributed by atoms with Crippen LogP contribution in [-0.4, -0.2) is 0 Å². The van der Waals surface area contributed by atoms with Crippen molar-refractivity contribution >= 4 is 87.7 Å². The predicted molar refractivity (Wildman–Crippen MR) is 256 cm³/mol. The summed E-state index contributed by atoms with van der Waals surface area (Å²) in [7, 11) is 0. The van der Waals surface area contributed by atoms with E-state index < -0.39 is 0 Å². The highest BCUT2D eigenvalue weighted by Crippen LogP contribution is 2.45. The van der Waals surface area contributed by atoms with Crippen molar-refractivity contribution in [2.45, 2.75) is 12.8 Å². The summed E-state index contributed by atoms with van der Waals surface area (Å²) in [5.74, 6) is 0. The summed E-state index contributed by atoms with van der Waals surface area (Å²) in [4.78, 5) is 2.44. The van der Waals surface area contributed by atoms with Crippen molar-refractivity contribution < 1.29 is 4.42 Å². The number of para-hydroxylation sites is 2. The Labute approximate surface area is 348 Å². The van der Waals surface area contributed by atoms with E-state index in [-0.39, 0.29) is 0 Å². The molecule has 0 N–H and O–H groups in total. The summed E-state index contributed by atoms with van der Waals surface area (Å²) >= 11 is 0. The smallest absolute Gasteiger partial charge is 0.143 e. The molecule has 11 aromatic rings. The first-order chi connectivity index (χ1) is 29.8. The van der Waals surface area contributed by atoms with Gasteiger partial charge in [-0.1, -0.05) is 176 Å². The summed E-state index contributed by atoms with van der Waals surface area (Å²) in [6, 6.07) is 70.9. The monoisotopic (exact) mass is 765 g/mol. The third kappa shape index (κ3) is 5.56. The molecule has 1 heterocycles. The first-order valence-corrected chi connectivity index (χ1v) is 20.9. The van der Waals surface area contributed by atoms with Crippen molar-refractivity contribution in [2.24, 2.45) is 0 Å². The van der Waals surface area contributed by atoms with Gasteiger partial charge in [0, 0.05) is 38.7 Å². The number of furan rings is 1. The fourth-order valence-electron chi connectivity index (χ4n) is 9.63. The van der Waals surface area contributed by atoms with Gasteiger partial charge in [0.2, 0.25) is 0 Å². The molecule has 0 aliphatic heterocycles. The van der Waals surface area contributed by atoms with Gasteiger partial charge in [-0.3, -0.25) is 0 Å². The van der Waals surface area contributed by atoms with Crippen LogP contribution in [0.5, 0.6) is 0 Å². The normalized spacial score (nSPS) is 12.9. The molecule has 1 aliphatic carbocycles. The number of hydrogen-bond donors (Lipinski definition) is 0. The fourth-order valence-corrected chi connectivity index (χ4v) is 9.63. The third-order valence-corrected chi connectivity index (χ3v) is 12.4. The average molecular weight is 766 g/mol. The molecular weight excluding hydrogens is 727 g/mol. The summed E-state index contributed by atoms with van der Waals surface area (Å²) in [6.45, 7) is 0. The number of hydrogen-bond acceptors (Lipinski definition) is 2. The van der Waals surface area contributed by atoms with E-state index in [1.165, 1.54) is 59.8 Å². The number of anilines is 3. The van der Waals surface area contributed by atoms with Gasteiger partial charge in [-0.15, -0.1) is 0 Å². The van der Waals surface area contributed by atoms with Crippen molar-refractivity contribution in [3.63, 3.8) is 0 Å². The molecule has 282 valence electrons. The Balaban J connectivity index is 1.04. The second-order valence-corrected chi connectivity index (χ2v) is 15.9. The van der Waals surface area contributed by atoms with E-state index in [4.69, 9.17) is 4.42 Å². The van der Waals surface area contributed by atoms with Crippen molar-refractivity contribution in [1.82, 2.24) is 0 Å². The van der Waals surface area contributed by atoms with Crippen LogP contribution in [0.2, 0.25) is 0 Å². The second-order valence-electron chi connectivity index (χ2n) is 15.9. The lowest BCUT2D eigenvalue weighted by molar-refractivity contribution is 0.669. The molecule has 0 spiro atoms. The van der Waals surface area contributed by atoms with E-state index in [2.05, 4.69) is 217 Å². The van der Waals surface area contributed by atoms with Crippen LogP contribution in [0.4, 0.5) is 17.1 Å². The molecular formula is C58H39NO. The lowest BCUT2D eigenvalue weighted by atomic mass is 9.93. The number of allylic oxidation sites excluding steroid dienone is 4. The maximum absolute atomic E-state index is 6.86. The number of rotatable bonds is 6. The van der Waals surface area contributed by atoms with Crippen molar-refractivity contribution in [3.8, 4) is 22.3 Å². The number of nitrogens with zero attached hydrogens (tertiary/aromatic N) is 1. The highest BCUT2D eigenvalue weighted by atomic mass is 16.3. The summed E-state index contributed by atoms with van der Waals surface area (Å²) in [6.07, 6.45) is 8.95. The second kappa shape index (κ2) is 14.0. The predicted octanol–water partition coefficient (Wildman–Crippen LogP) is 16.7. The van der Waals surface area contributed by atoms with E-state index in [1.807, 2.05) is 0 Å². The maximum atomic E-state index is 6.86. The summed E-state index contributed by atoms with van der Waals surface area (Å²) in [5, 5.41) is 12.2. The molecule has 2 nitrogen and oxygen atoms in total. The van der Waals surface area contributed by atoms with Crippen molar-refractivity contribution in [2.75, 3.05) is 4.90 Å². The lowest BCUT2D eigenvalue weighted by Gasteiger charge is -2.28. The standard InChI is InChI=1S/C58H39NO/c1-2-15-38(16-3-1)47-27-13-29-53-54-30-14-28-48(58(54)60-57(47)53)39-31-33-43(34-32-39)59(56-37-42-18-5-7-22-46(42)50-24-10-11-26-52(50)56)44-20-12-19-40(35-44)55-36-41-17-4-6-21-45(41)49-23-8-9-25-51(49)55/h2,4-37H,1,3H2. The van der Waals surface area contributed by atoms with E-state index in [0.717, 1.165) is 68.5 Å². The van der Waals surface area contributed by atoms with Crippen LogP contribution >= 0.6 is 0 Å². The minimum atomic E-state index is 0.917. The highest BCUT2D eigenvalue weighted by molar-refractivity contribution is 6.16. The molecule has 0 saturated heterocycles. The SMILES string of the molecule is C1=CC(c2cccc3c2oc2c(-c4ccc(N(c5cccc(-c6cc7ccccc7c7ccccc67)c5)c5cc6ccccc6c6ccccc56)cc4)cccc23)=CCC1. The molecule has 0 saturated carbocycles. The van der Waals surface area contributed by atoms with Gasteiger partial charge >= 0.3 is 0 Å². The van der Waals surface area contributed by atoms with E-state index >= 15 is 0 Å². The molecule has 10 aromatic carbocycles. The van der Waals surface area contributed by atoms with Gasteiger partial charge < -0.3 is 9.32 Å². The topological polar surface area (TPSA) is 16.4 Å². The van der Waals surface area contributed by atoms with Gasteiger partial charge in [0.25, 0.3) is 0 Å². The molecule has 60 heavy (non-hydrogen) atoms. The Morgan fingerprint density at radius 2 is 0.950 bits per heavy atom. The quantitative estimate of drug-likeness (QED) is 0.157. The molecule has 0 radical (unpaired) electrons. The zero-order valence-corrected chi connectivity index (χ0v) is 33.0. The Hall–Kier alpha value is -7.68. The van der Waals surface area contributed by atoms with Gasteiger partial charge in [-0.05, 0) is 109 Å². The third-order valence-electron chi connectivity index (χ3n) is 12.4. The van der Waals surface area contributed by atoms with Gasteiger partial charge in [-0.25, -0.2) is 0 Å². The molecule has 0 unspecified atom stereocenters. The van der Waals surface area contributed by atoms with Crippen LogP contribution in [-0.2, 0) is 0 Å². The minimum Gasteiger partial charge on any atom is -0.455 e. The Morgan fingerprint density at radius 3 is 1.67 bits per heavy atom. The van der Waals surface area contributed by atoms with Crippen molar-refractivity contribution in [1.29, 1.82) is 0 Å². The zero-order chi connectivity index (χ0) is 39.6. The van der Waals surface area contributed by atoms with Crippen molar-refractivity contribution in [3.05, 3.63) is 218 Å². The van der Waals surface area contributed by atoms with Crippen LogP contribution in [0.1, 0.15) is 18.4 Å². The lowest BCUT2D eigenvalue weighted by Crippen LogP contribution is -2.11. The van der Waals surface area contributed by atoms with Crippen LogP contribution in [0, 0.1) is 0 Å². The highest BCUT2D eigenvalue weighted by Gasteiger charge is 2.21. The van der Waals surface area contributed by atoms with Gasteiger partial charge in [0.15, 0.2) is 0 Å². The molecule has 0 atom stereocenters. The summed E-state index contributed by atoms with van der Waals surface area (Å²) < 4.78 is 6.86. The molecule has 0 fully saturated rings. The van der Waals surface area contributed by atoms with Gasteiger partial charge in [0.1, 0.15) is 11.2 Å². The largest absolute Gasteiger partial charge is 0.455 e.